The molecule has 0 aromatic heterocycles. The molecule has 0 bridgehead atoms. The van der Waals surface area contributed by atoms with Crippen LogP contribution >= 0.6 is 11.8 Å². The van der Waals surface area contributed by atoms with Crippen LogP contribution < -0.4 is 10.6 Å². The molecule has 2 aromatic carbocycles. The largest absolute Gasteiger partial charge is 0.326 e. The molecule has 1 atom stereocenters. The summed E-state index contributed by atoms with van der Waals surface area (Å²) in [4.78, 5) is 25.1. The summed E-state index contributed by atoms with van der Waals surface area (Å²) in [6.07, 6.45) is 0.613. The number of sulfone groups is 1. The Morgan fingerprint density at radius 3 is 2.76 bits per heavy atom. The second-order valence-corrected chi connectivity index (χ2v) is 10.4. The van der Waals surface area contributed by atoms with Crippen molar-refractivity contribution in [2.24, 2.45) is 0 Å². The Hall–Kier alpha value is -2.32. The van der Waals surface area contributed by atoms with Crippen molar-refractivity contribution < 1.29 is 18.0 Å². The number of benzene rings is 2. The lowest BCUT2D eigenvalue weighted by atomic mass is 10.1. The zero-order valence-electron chi connectivity index (χ0n) is 16.6. The van der Waals surface area contributed by atoms with E-state index in [0.717, 1.165) is 28.1 Å². The van der Waals surface area contributed by atoms with Crippen LogP contribution in [0, 0.1) is 6.92 Å². The van der Waals surface area contributed by atoms with Gasteiger partial charge in [-0.05, 0) is 49.6 Å². The number of rotatable bonds is 6. The molecule has 0 unspecified atom stereocenters. The van der Waals surface area contributed by atoms with Gasteiger partial charge in [-0.1, -0.05) is 25.1 Å². The Bertz CT molecular complexity index is 1060. The molecule has 0 saturated heterocycles. The summed E-state index contributed by atoms with van der Waals surface area (Å²) in [5, 5.41) is 4.68. The first-order chi connectivity index (χ1) is 13.7. The van der Waals surface area contributed by atoms with Gasteiger partial charge in [0.2, 0.25) is 11.8 Å². The number of fused-ring (bicyclic) bond motifs is 1. The van der Waals surface area contributed by atoms with Crippen LogP contribution in [0.1, 0.15) is 31.4 Å². The third-order valence-corrected chi connectivity index (χ3v) is 8.13. The second kappa shape index (κ2) is 8.59. The summed E-state index contributed by atoms with van der Waals surface area (Å²) in [5.74, 6) is -0.185. The van der Waals surface area contributed by atoms with Gasteiger partial charge in [0.25, 0.3) is 0 Å². The van der Waals surface area contributed by atoms with E-state index in [0.29, 0.717) is 11.4 Å². The van der Waals surface area contributed by atoms with E-state index in [9.17, 15) is 18.0 Å². The lowest BCUT2D eigenvalue weighted by Gasteiger charge is -2.19. The molecule has 3 rings (SSSR count). The highest BCUT2D eigenvalue weighted by atomic mass is 32.2. The van der Waals surface area contributed by atoms with Gasteiger partial charge < -0.3 is 10.6 Å². The van der Waals surface area contributed by atoms with Gasteiger partial charge in [0.05, 0.1) is 21.6 Å². The summed E-state index contributed by atoms with van der Waals surface area (Å²) in [6.45, 7) is 5.44. The number of carbonyl (C=O) groups excluding carboxylic acids is 2. The smallest absolute Gasteiger partial charge is 0.234 e. The number of carbonyl (C=O) groups is 2. The Kier molecular flexibility index (Phi) is 6.33. The molecule has 6 nitrogen and oxygen atoms in total. The second-order valence-electron chi connectivity index (χ2n) is 7.07. The predicted molar refractivity (Wildman–Crippen MR) is 116 cm³/mol. The highest BCUT2D eigenvalue weighted by Crippen LogP contribution is 2.34. The SMILES string of the molecule is CCc1cccc(C)c1NC(=O)C[C@H](C)S(=O)(=O)c1ccc2c(c1)NC(=O)CS2. The van der Waals surface area contributed by atoms with Crippen LogP contribution in [-0.4, -0.2) is 31.2 Å². The first kappa shape index (κ1) is 21.4. The first-order valence-electron chi connectivity index (χ1n) is 9.41. The average molecular weight is 433 g/mol. The monoisotopic (exact) mass is 432 g/mol. The van der Waals surface area contributed by atoms with E-state index in [2.05, 4.69) is 10.6 Å². The van der Waals surface area contributed by atoms with Gasteiger partial charge in [-0.2, -0.15) is 0 Å². The molecule has 2 aromatic rings. The minimum Gasteiger partial charge on any atom is -0.326 e. The van der Waals surface area contributed by atoms with E-state index in [-0.39, 0.29) is 23.1 Å². The van der Waals surface area contributed by atoms with Gasteiger partial charge in [-0.15, -0.1) is 11.8 Å². The molecule has 0 aliphatic carbocycles. The number of anilines is 2. The van der Waals surface area contributed by atoms with Gasteiger partial charge in [0.1, 0.15) is 0 Å². The Balaban J connectivity index is 1.76. The molecule has 154 valence electrons. The Morgan fingerprint density at radius 2 is 2.03 bits per heavy atom. The van der Waals surface area contributed by atoms with E-state index in [1.54, 1.807) is 6.07 Å². The van der Waals surface area contributed by atoms with Crippen molar-refractivity contribution in [3.8, 4) is 0 Å². The number of nitrogens with one attached hydrogen (secondary N) is 2. The number of amides is 2. The minimum absolute atomic E-state index is 0.101. The maximum atomic E-state index is 13.0. The van der Waals surface area contributed by atoms with Gasteiger partial charge in [-0.3, -0.25) is 9.59 Å². The average Bonchev–Trinajstić information content (AvgIpc) is 2.68. The van der Waals surface area contributed by atoms with E-state index < -0.39 is 15.1 Å². The van der Waals surface area contributed by atoms with E-state index in [1.807, 2.05) is 32.0 Å². The minimum atomic E-state index is -3.72. The van der Waals surface area contributed by atoms with Crippen molar-refractivity contribution >= 4 is 44.8 Å². The molecule has 2 amide bonds. The summed E-state index contributed by atoms with van der Waals surface area (Å²) >= 11 is 1.37. The van der Waals surface area contributed by atoms with Gasteiger partial charge in [0, 0.05) is 17.0 Å². The van der Waals surface area contributed by atoms with E-state index in [1.165, 1.54) is 30.8 Å². The highest BCUT2D eigenvalue weighted by molar-refractivity contribution is 8.00. The summed E-state index contributed by atoms with van der Waals surface area (Å²) in [6, 6.07) is 10.5. The standard InChI is InChI=1S/C21H24N2O4S2/c1-4-15-7-5-6-13(2)21(15)23-19(24)10-14(3)29(26,27)16-8-9-18-17(11-16)22-20(25)12-28-18/h5-9,11,14H,4,10,12H2,1-3H3,(H,22,25)(H,23,24)/t14-/m0/s1. The Morgan fingerprint density at radius 1 is 1.28 bits per heavy atom. The number of aryl methyl sites for hydroxylation is 2. The molecular formula is C21H24N2O4S2. The molecular weight excluding hydrogens is 408 g/mol. The van der Waals surface area contributed by atoms with Crippen molar-refractivity contribution in [3.63, 3.8) is 0 Å². The molecule has 1 aliphatic rings. The highest BCUT2D eigenvalue weighted by Gasteiger charge is 2.28. The fraction of sp³-hybridized carbons (Fsp3) is 0.333. The molecule has 0 saturated carbocycles. The van der Waals surface area contributed by atoms with Crippen LogP contribution in [-0.2, 0) is 25.8 Å². The third-order valence-electron chi connectivity index (χ3n) is 4.92. The summed E-state index contributed by atoms with van der Waals surface area (Å²) < 4.78 is 26.0. The third kappa shape index (κ3) is 4.64. The van der Waals surface area contributed by atoms with E-state index in [4.69, 9.17) is 0 Å². The van der Waals surface area contributed by atoms with Crippen LogP contribution in [0.2, 0.25) is 0 Å². The van der Waals surface area contributed by atoms with Crippen molar-refractivity contribution in [2.75, 3.05) is 16.4 Å². The topological polar surface area (TPSA) is 92.3 Å². The van der Waals surface area contributed by atoms with Crippen molar-refractivity contribution in [3.05, 3.63) is 47.5 Å². The number of hydrogen-bond acceptors (Lipinski definition) is 5. The maximum absolute atomic E-state index is 13.0. The van der Waals surface area contributed by atoms with Gasteiger partial charge in [-0.25, -0.2) is 8.42 Å². The number of hydrogen-bond donors (Lipinski definition) is 2. The van der Waals surface area contributed by atoms with Crippen molar-refractivity contribution in [1.29, 1.82) is 0 Å². The lowest BCUT2D eigenvalue weighted by Crippen LogP contribution is -2.26. The van der Waals surface area contributed by atoms with Crippen molar-refractivity contribution in [1.82, 2.24) is 0 Å². The van der Waals surface area contributed by atoms with Crippen LogP contribution in [0.25, 0.3) is 0 Å². The van der Waals surface area contributed by atoms with Crippen LogP contribution in [0.15, 0.2) is 46.2 Å². The molecule has 1 aliphatic heterocycles. The Labute approximate surface area is 175 Å². The van der Waals surface area contributed by atoms with Crippen LogP contribution in [0.4, 0.5) is 11.4 Å². The lowest BCUT2D eigenvalue weighted by molar-refractivity contribution is -0.116. The summed E-state index contributed by atoms with van der Waals surface area (Å²) in [7, 11) is -3.72. The molecule has 1 heterocycles. The predicted octanol–water partition coefficient (Wildman–Crippen LogP) is 3.79. The molecule has 0 radical (unpaired) electrons. The molecule has 29 heavy (non-hydrogen) atoms. The molecule has 2 N–H and O–H groups in total. The normalized spacial score (nSPS) is 14.7. The molecule has 8 heteroatoms. The van der Waals surface area contributed by atoms with Crippen LogP contribution in [0.3, 0.4) is 0 Å². The van der Waals surface area contributed by atoms with Crippen molar-refractivity contribution in [2.45, 2.75) is 48.7 Å². The first-order valence-corrected chi connectivity index (χ1v) is 11.9. The zero-order valence-corrected chi connectivity index (χ0v) is 18.2. The van der Waals surface area contributed by atoms with Gasteiger partial charge in [0.15, 0.2) is 9.84 Å². The maximum Gasteiger partial charge on any atom is 0.234 e. The van der Waals surface area contributed by atoms with E-state index >= 15 is 0 Å². The quantitative estimate of drug-likeness (QED) is 0.724. The number of thioether (sulfide) groups is 1. The summed E-state index contributed by atoms with van der Waals surface area (Å²) in [5.41, 5.74) is 3.20. The molecule has 0 fully saturated rings. The van der Waals surface area contributed by atoms with Gasteiger partial charge >= 0.3 is 0 Å². The fourth-order valence-corrected chi connectivity index (χ4v) is 5.40. The van der Waals surface area contributed by atoms with Crippen LogP contribution in [0.5, 0.6) is 0 Å². The fourth-order valence-electron chi connectivity index (χ4n) is 3.23. The number of para-hydroxylation sites is 1. The zero-order chi connectivity index (χ0) is 21.2. The molecule has 0 spiro atoms.